The summed E-state index contributed by atoms with van der Waals surface area (Å²) in [5.74, 6) is -1.01. The number of unbranched alkanes of at least 4 members (excludes halogenated alkanes) is 19. The molecule has 0 bridgehead atoms. The first-order valence-corrected chi connectivity index (χ1v) is 24.6. The molecule has 0 amide bonds. The standard InChI is InChI=1S/C54H90O6/c1-4-7-10-13-16-19-22-24-26-28-29-32-35-38-41-44-47-53(56)59-50-51(49-58-52(55)46-43-40-37-34-31-21-18-15-12-9-6-3)60-54(57)48-45-42-39-36-33-30-27-25-23-20-17-14-11-8-5-2/h7,10,16-17,19-20,23-26,29,32,38,41,51H,4-6,8-9,11-15,18,21-22,27-28,30-31,33-37,39-40,42-50H2,1-3H3/b10-7-,19-16-,20-17-,25-23-,26-24-,32-29-,41-38-. The third-order valence-electron chi connectivity index (χ3n) is 10.2. The maximum absolute atomic E-state index is 12.8. The number of hydrogen-bond donors (Lipinski definition) is 0. The van der Waals surface area contributed by atoms with Gasteiger partial charge in [0.15, 0.2) is 6.10 Å². The van der Waals surface area contributed by atoms with E-state index in [-0.39, 0.29) is 37.5 Å². The molecule has 0 aliphatic heterocycles. The molecule has 0 aromatic rings. The van der Waals surface area contributed by atoms with Crippen LogP contribution in [0, 0.1) is 0 Å². The first-order valence-electron chi connectivity index (χ1n) is 24.6. The number of allylic oxidation sites excluding steroid dienone is 14. The molecule has 0 rings (SSSR count). The average molecular weight is 835 g/mol. The fraction of sp³-hybridized carbons (Fsp3) is 0.685. The molecule has 6 nitrogen and oxygen atoms in total. The minimum atomic E-state index is -0.810. The van der Waals surface area contributed by atoms with Crippen LogP contribution in [0.4, 0.5) is 0 Å². The van der Waals surface area contributed by atoms with E-state index in [4.69, 9.17) is 14.2 Å². The lowest BCUT2D eigenvalue weighted by Gasteiger charge is -2.18. The van der Waals surface area contributed by atoms with Gasteiger partial charge in [0.25, 0.3) is 0 Å². The molecule has 0 saturated carbocycles. The van der Waals surface area contributed by atoms with Crippen LogP contribution < -0.4 is 0 Å². The van der Waals surface area contributed by atoms with Gasteiger partial charge in [-0.1, -0.05) is 209 Å². The second-order valence-electron chi connectivity index (χ2n) is 16.0. The Kier molecular flexibility index (Phi) is 45.5. The molecule has 6 heteroatoms. The predicted molar refractivity (Wildman–Crippen MR) is 256 cm³/mol. The fourth-order valence-corrected chi connectivity index (χ4v) is 6.48. The van der Waals surface area contributed by atoms with Gasteiger partial charge in [0.05, 0.1) is 0 Å². The molecule has 0 heterocycles. The van der Waals surface area contributed by atoms with E-state index in [9.17, 15) is 14.4 Å². The van der Waals surface area contributed by atoms with Crippen molar-refractivity contribution in [3.8, 4) is 0 Å². The highest BCUT2D eigenvalue weighted by Gasteiger charge is 2.19. The molecular weight excluding hydrogens is 745 g/mol. The van der Waals surface area contributed by atoms with Crippen molar-refractivity contribution in [3.63, 3.8) is 0 Å². The van der Waals surface area contributed by atoms with Crippen LogP contribution in [0.3, 0.4) is 0 Å². The minimum absolute atomic E-state index is 0.103. The van der Waals surface area contributed by atoms with Gasteiger partial charge in [-0.15, -0.1) is 0 Å². The van der Waals surface area contributed by atoms with Crippen molar-refractivity contribution < 1.29 is 28.6 Å². The number of rotatable bonds is 43. The van der Waals surface area contributed by atoms with Gasteiger partial charge < -0.3 is 14.2 Å². The number of hydrogen-bond acceptors (Lipinski definition) is 6. The number of carbonyl (C=O) groups excluding carboxylic acids is 3. The van der Waals surface area contributed by atoms with Crippen LogP contribution in [-0.4, -0.2) is 37.2 Å². The number of carbonyl (C=O) groups is 3. The largest absolute Gasteiger partial charge is 0.462 e. The third-order valence-corrected chi connectivity index (χ3v) is 10.2. The summed E-state index contributed by atoms with van der Waals surface area (Å²) in [6.45, 7) is 6.40. The Bertz CT molecular complexity index is 1190. The minimum Gasteiger partial charge on any atom is -0.462 e. The second kappa shape index (κ2) is 48.3. The van der Waals surface area contributed by atoms with Crippen LogP contribution in [0.25, 0.3) is 0 Å². The Morgan fingerprint density at radius 3 is 1.22 bits per heavy atom. The summed E-state index contributed by atoms with van der Waals surface area (Å²) in [7, 11) is 0. The van der Waals surface area contributed by atoms with Crippen molar-refractivity contribution in [2.45, 2.75) is 226 Å². The van der Waals surface area contributed by atoms with Crippen molar-refractivity contribution in [2.75, 3.05) is 13.2 Å². The van der Waals surface area contributed by atoms with E-state index >= 15 is 0 Å². The van der Waals surface area contributed by atoms with Crippen molar-refractivity contribution in [1.82, 2.24) is 0 Å². The zero-order valence-electron chi connectivity index (χ0n) is 38.9. The van der Waals surface area contributed by atoms with Gasteiger partial charge >= 0.3 is 17.9 Å². The van der Waals surface area contributed by atoms with Gasteiger partial charge in [0.2, 0.25) is 0 Å². The molecule has 0 aromatic heterocycles. The van der Waals surface area contributed by atoms with Gasteiger partial charge in [0, 0.05) is 19.3 Å². The van der Waals surface area contributed by atoms with E-state index in [1.54, 1.807) is 0 Å². The summed E-state index contributed by atoms with van der Waals surface area (Å²) in [5.41, 5.74) is 0. The Morgan fingerprint density at radius 2 is 0.733 bits per heavy atom. The summed E-state index contributed by atoms with van der Waals surface area (Å²) in [5, 5.41) is 0. The lowest BCUT2D eigenvalue weighted by molar-refractivity contribution is -0.166. The van der Waals surface area contributed by atoms with Gasteiger partial charge in [-0.25, -0.2) is 0 Å². The number of ether oxygens (including phenoxy) is 3. The smallest absolute Gasteiger partial charge is 0.306 e. The molecular formula is C54H90O6. The molecule has 60 heavy (non-hydrogen) atoms. The predicted octanol–water partition coefficient (Wildman–Crippen LogP) is 16.0. The van der Waals surface area contributed by atoms with Crippen LogP contribution in [-0.2, 0) is 28.6 Å². The lowest BCUT2D eigenvalue weighted by atomic mass is 10.1. The summed E-state index contributed by atoms with van der Waals surface area (Å²) in [6.07, 6.45) is 61.4. The van der Waals surface area contributed by atoms with Crippen molar-refractivity contribution in [2.24, 2.45) is 0 Å². The quantitative estimate of drug-likeness (QED) is 0.0200. The Hall–Kier alpha value is -3.41. The van der Waals surface area contributed by atoms with E-state index in [1.165, 1.54) is 89.9 Å². The zero-order valence-corrected chi connectivity index (χ0v) is 38.9. The summed E-state index contributed by atoms with van der Waals surface area (Å²) in [4.78, 5) is 37.8. The van der Waals surface area contributed by atoms with Gasteiger partial charge in [-0.2, -0.15) is 0 Å². The highest BCUT2D eigenvalue weighted by atomic mass is 16.6. The molecule has 0 N–H and O–H groups in total. The first-order chi connectivity index (χ1) is 29.5. The average Bonchev–Trinajstić information content (AvgIpc) is 3.24. The van der Waals surface area contributed by atoms with E-state index in [0.717, 1.165) is 83.5 Å². The van der Waals surface area contributed by atoms with Crippen LogP contribution in [0.1, 0.15) is 220 Å². The molecule has 1 unspecified atom stereocenters. The molecule has 1 atom stereocenters. The molecule has 0 fully saturated rings. The fourth-order valence-electron chi connectivity index (χ4n) is 6.48. The highest BCUT2D eigenvalue weighted by Crippen LogP contribution is 2.14. The van der Waals surface area contributed by atoms with Gasteiger partial charge in [-0.3, -0.25) is 14.4 Å². The highest BCUT2D eigenvalue weighted by molar-refractivity contribution is 5.71. The van der Waals surface area contributed by atoms with Crippen molar-refractivity contribution in [3.05, 3.63) is 85.1 Å². The molecule has 0 saturated heterocycles. The summed E-state index contributed by atoms with van der Waals surface area (Å²) in [6, 6.07) is 0. The molecule has 342 valence electrons. The van der Waals surface area contributed by atoms with E-state index in [0.29, 0.717) is 19.3 Å². The molecule has 0 spiro atoms. The van der Waals surface area contributed by atoms with Crippen molar-refractivity contribution in [1.29, 1.82) is 0 Å². The van der Waals surface area contributed by atoms with E-state index in [1.807, 2.05) is 12.2 Å². The van der Waals surface area contributed by atoms with Crippen LogP contribution in [0.15, 0.2) is 85.1 Å². The molecule has 0 aromatic carbocycles. The maximum Gasteiger partial charge on any atom is 0.306 e. The second-order valence-corrected chi connectivity index (χ2v) is 16.0. The number of esters is 3. The third kappa shape index (κ3) is 45.7. The normalized spacial score (nSPS) is 12.8. The molecule has 0 aliphatic rings. The summed E-state index contributed by atoms with van der Waals surface area (Å²) >= 11 is 0. The lowest BCUT2D eigenvalue weighted by Crippen LogP contribution is -2.30. The molecule has 0 aliphatic carbocycles. The zero-order chi connectivity index (χ0) is 43.7. The first kappa shape index (κ1) is 56.6. The van der Waals surface area contributed by atoms with Crippen molar-refractivity contribution >= 4 is 17.9 Å². The SMILES string of the molecule is CC/C=C\C/C=C\C/C=C\C/C=C\C/C=C\CCC(=O)OCC(COC(=O)CCCCCCCCCCCCC)OC(=O)CCCCCCCC/C=C\C=C/CCCCC. The topological polar surface area (TPSA) is 78.9 Å². The Balaban J connectivity index is 4.51. The van der Waals surface area contributed by atoms with Gasteiger partial charge in [0.1, 0.15) is 13.2 Å². The Morgan fingerprint density at radius 1 is 0.367 bits per heavy atom. The Labute approximate surface area is 369 Å². The monoisotopic (exact) mass is 835 g/mol. The van der Waals surface area contributed by atoms with Crippen LogP contribution in [0.5, 0.6) is 0 Å². The van der Waals surface area contributed by atoms with E-state index < -0.39 is 6.10 Å². The van der Waals surface area contributed by atoms with Crippen LogP contribution >= 0.6 is 0 Å². The van der Waals surface area contributed by atoms with E-state index in [2.05, 4.69) is 93.7 Å². The van der Waals surface area contributed by atoms with Gasteiger partial charge in [-0.05, 0) is 77.0 Å². The van der Waals surface area contributed by atoms with Crippen LogP contribution in [0.2, 0.25) is 0 Å². The maximum atomic E-state index is 12.8. The molecule has 0 radical (unpaired) electrons. The summed E-state index contributed by atoms with van der Waals surface area (Å²) < 4.78 is 16.7.